The number of carbonyl (C=O) groups excluding carboxylic acids is 1. The first-order valence-corrected chi connectivity index (χ1v) is 4.77. The van der Waals surface area contributed by atoms with E-state index in [1.807, 2.05) is 0 Å². The number of carbonyl (C=O) groups is 1. The van der Waals surface area contributed by atoms with Crippen LogP contribution in [0.15, 0.2) is 6.07 Å². The number of aromatic hydroxyl groups is 1. The van der Waals surface area contributed by atoms with Crippen LogP contribution in [0.1, 0.15) is 24.6 Å². The third-order valence-corrected chi connectivity index (χ3v) is 1.92. The molecule has 1 N–H and O–H groups in total. The molecular weight excluding hydrogens is 239 g/mol. The Morgan fingerprint density at radius 1 is 1.59 bits per heavy atom. The van der Waals surface area contributed by atoms with Gasteiger partial charge in [0.25, 0.3) is 12.4 Å². The molecule has 1 aromatic rings. The first-order valence-electron chi connectivity index (χ1n) is 4.77. The van der Waals surface area contributed by atoms with Gasteiger partial charge in [-0.3, -0.25) is 4.79 Å². The number of pyridine rings is 1. The van der Waals surface area contributed by atoms with Crippen LogP contribution in [0.5, 0.6) is 5.75 Å². The molecule has 4 nitrogen and oxygen atoms in total. The van der Waals surface area contributed by atoms with Gasteiger partial charge < -0.3 is 9.84 Å². The summed E-state index contributed by atoms with van der Waals surface area (Å²) < 4.78 is 42.4. The summed E-state index contributed by atoms with van der Waals surface area (Å²) >= 11 is 0. The molecule has 7 heteroatoms. The molecule has 1 rings (SSSR count). The molecule has 0 fully saturated rings. The van der Waals surface area contributed by atoms with Gasteiger partial charge in [0.1, 0.15) is 5.69 Å². The second-order valence-corrected chi connectivity index (χ2v) is 3.13. The van der Waals surface area contributed by atoms with Crippen molar-refractivity contribution in [2.75, 3.05) is 6.61 Å². The van der Waals surface area contributed by atoms with Crippen molar-refractivity contribution in [3.63, 3.8) is 0 Å². The minimum atomic E-state index is -3.03. The van der Waals surface area contributed by atoms with Crippen molar-refractivity contribution in [2.24, 2.45) is 0 Å². The van der Waals surface area contributed by atoms with Gasteiger partial charge in [0.15, 0.2) is 5.75 Å². The molecule has 0 saturated carbocycles. The summed E-state index contributed by atoms with van der Waals surface area (Å²) in [5.74, 6) is -3.02. The summed E-state index contributed by atoms with van der Waals surface area (Å²) in [7, 11) is 0. The third-order valence-electron chi connectivity index (χ3n) is 1.92. The summed E-state index contributed by atoms with van der Waals surface area (Å²) in [6.45, 7) is 1.66. The van der Waals surface area contributed by atoms with E-state index in [4.69, 9.17) is 5.11 Å². The molecule has 0 aromatic carbocycles. The molecule has 1 heterocycles. The standard InChI is InChI=1S/C10H10F3NO3/c1-2-17-7(16)4-5-3-6(15)10(13)14-8(5)9(11)12/h3,9,15H,2,4H2,1H3. The number of rotatable bonds is 4. The molecule has 1 aromatic heterocycles. The number of esters is 1. The zero-order chi connectivity index (χ0) is 13.0. The van der Waals surface area contributed by atoms with E-state index in [1.165, 1.54) is 0 Å². The molecule has 0 spiro atoms. The highest BCUT2D eigenvalue weighted by atomic mass is 19.3. The Labute approximate surface area is 95.0 Å². The predicted molar refractivity (Wildman–Crippen MR) is 51.2 cm³/mol. The molecule has 17 heavy (non-hydrogen) atoms. The number of hydrogen-bond acceptors (Lipinski definition) is 4. The minimum Gasteiger partial charge on any atom is -0.504 e. The Morgan fingerprint density at radius 3 is 2.76 bits per heavy atom. The van der Waals surface area contributed by atoms with E-state index >= 15 is 0 Å². The number of aromatic nitrogens is 1. The fourth-order valence-electron chi connectivity index (χ4n) is 1.23. The average Bonchev–Trinajstić information content (AvgIpc) is 2.23. The van der Waals surface area contributed by atoms with E-state index in [9.17, 15) is 18.0 Å². The fraction of sp³-hybridized carbons (Fsp3) is 0.400. The molecule has 0 unspecified atom stereocenters. The number of alkyl halides is 2. The highest BCUT2D eigenvalue weighted by molar-refractivity contribution is 5.73. The van der Waals surface area contributed by atoms with Gasteiger partial charge in [0.2, 0.25) is 0 Å². The molecule has 0 amide bonds. The van der Waals surface area contributed by atoms with Crippen molar-refractivity contribution >= 4 is 5.97 Å². The molecule has 0 aliphatic heterocycles. The van der Waals surface area contributed by atoms with Crippen molar-refractivity contribution in [1.29, 1.82) is 0 Å². The van der Waals surface area contributed by atoms with Crippen LogP contribution in [0.25, 0.3) is 0 Å². The number of hydrogen-bond donors (Lipinski definition) is 1. The Hall–Kier alpha value is -1.79. The first kappa shape index (κ1) is 13.3. The molecule has 0 aliphatic carbocycles. The monoisotopic (exact) mass is 249 g/mol. The summed E-state index contributed by atoms with van der Waals surface area (Å²) in [6, 6.07) is 0.751. The maximum atomic E-state index is 12.8. The van der Waals surface area contributed by atoms with E-state index < -0.39 is 36.2 Å². The number of halogens is 3. The van der Waals surface area contributed by atoms with Crippen molar-refractivity contribution in [1.82, 2.24) is 4.98 Å². The van der Waals surface area contributed by atoms with Crippen LogP contribution in [0.2, 0.25) is 0 Å². The van der Waals surface area contributed by atoms with Crippen molar-refractivity contribution in [2.45, 2.75) is 19.8 Å². The lowest BCUT2D eigenvalue weighted by atomic mass is 10.1. The van der Waals surface area contributed by atoms with E-state index in [2.05, 4.69) is 9.72 Å². The minimum absolute atomic E-state index is 0.101. The van der Waals surface area contributed by atoms with Gasteiger partial charge in [0, 0.05) is 0 Å². The summed E-state index contributed by atoms with van der Waals surface area (Å²) in [6.07, 6.45) is -3.52. The molecule has 0 radical (unpaired) electrons. The SMILES string of the molecule is CCOC(=O)Cc1cc(O)c(F)nc1C(F)F. The number of nitrogens with zero attached hydrogens (tertiary/aromatic N) is 1. The second-order valence-electron chi connectivity index (χ2n) is 3.13. The molecule has 0 aliphatic rings. The van der Waals surface area contributed by atoms with E-state index in [-0.39, 0.29) is 12.2 Å². The lowest BCUT2D eigenvalue weighted by molar-refractivity contribution is -0.142. The van der Waals surface area contributed by atoms with Crippen LogP contribution in [-0.2, 0) is 16.0 Å². The van der Waals surface area contributed by atoms with Crippen LogP contribution < -0.4 is 0 Å². The van der Waals surface area contributed by atoms with E-state index in [0.717, 1.165) is 6.07 Å². The highest BCUT2D eigenvalue weighted by Crippen LogP contribution is 2.26. The molecule has 0 bridgehead atoms. The third kappa shape index (κ3) is 3.33. The van der Waals surface area contributed by atoms with Gasteiger partial charge in [0.05, 0.1) is 13.0 Å². The first-order chi connectivity index (χ1) is 7.95. The van der Waals surface area contributed by atoms with Crippen molar-refractivity contribution in [3.05, 3.63) is 23.3 Å². The highest BCUT2D eigenvalue weighted by Gasteiger charge is 2.20. The summed E-state index contributed by atoms with van der Waals surface area (Å²) in [5.41, 5.74) is -1.12. The van der Waals surface area contributed by atoms with Gasteiger partial charge in [-0.25, -0.2) is 13.8 Å². The van der Waals surface area contributed by atoms with Crippen LogP contribution in [0.4, 0.5) is 13.2 Å². The molecule has 0 saturated heterocycles. The Morgan fingerprint density at radius 2 is 2.24 bits per heavy atom. The van der Waals surface area contributed by atoms with Crippen LogP contribution in [-0.4, -0.2) is 22.7 Å². The predicted octanol–water partition coefficient (Wildman–Crippen LogP) is 1.97. The molecular formula is C10H10F3NO3. The van der Waals surface area contributed by atoms with Crippen LogP contribution >= 0.6 is 0 Å². The zero-order valence-corrected chi connectivity index (χ0v) is 8.91. The largest absolute Gasteiger partial charge is 0.504 e. The van der Waals surface area contributed by atoms with Gasteiger partial charge in [-0.1, -0.05) is 0 Å². The smallest absolute Gasteiger partial charge is 0.310 e. The van der Waals surface area contributed by atoms with Gasteiger partial charge in [-0.2, -0.15) is 4.39 Å². The van der Waals surface area contributed by atoms with Gasteiger partial charge in [-0.05, 0) is 18.6 Å². The summed E-state index contributed by atoms with van der Waals surface area (Å²) in [5, 5.41) is 9.01. The zero-order valence-electron chi connectivity index (χ0n) is 8.91. The Bertz CT molecular complexity index is 424. The normalized spacial score (nSPS) is 10.6. The Kier molecular flexibility index (Phi) is 4.30. The maximum Gasteiger partial charge on any atom is 0.310 e. The van der Waals surface area contributed by atoms with E-state index in [1.54, 1.807) is 6.92 Å². The van der Waals surface area contributed by atoms with Crippen molar-refractivity contribution < 1.29 is 27.8 Å². The average molecular weight is 249 g/mol. The topological polar surface area (TPSA) is 59.4 Å². The van der Waals surface area contributed by atoms with Crippen molar-refractivity contribution in [3.8, 4) is 5.75 Å². The quantitative estimate of drug-likeness (QED) is 0.654. The molecule has 0 atom stereocenters. The Balaban J connectivity index is 3.04. The molecule has 94 valence electrons. The fourth-order valence-corrected chi connectivity index (χ4v) is 1.23. The lowest BCUT2D eigenvalue weighted by Crippen LogP contribution is -2.11. The van der Waals surface area contributed by atoms with Crippen LogP contribution in [0.3, 0.4) is 0 Å². The van der Waals surface area contributed by atoms with E-state index in [0.29, 0.717) is 0 Å². The number of ether oxygens (including phenoxy) is 1. The van der Waals surface area contributed by atoms with Gasteiger partial charge in [-0.15, -0.1) is 0 Å². The lowest BCUT2D eigenvalue weighted by Gasteiger charge is -2.08. The van der Waals surface area contributed by atoms with Crippen LogP contribution in [0, 0.1) is 5.95 Å². The maximum absolute atomic E-state index is 12.8. The summed E-state index contributed by atoms with van der Waals surface area (Å²) in [4.78, 5) is 14.0. The second kappa shape index (κ2) is 5.51. The van der Waals surface area contributed by atoms with Gasteiger partial charge >= 0.3 is 5.97 Å².